The lowest BCUT2D eigenvalue weighted by Gasteiger charge is -2.31. The first-order chi connectivity index (χ1) is 20.1. The van der Waals surface area contributed by atoms with Crippen molar-refractivity contribution in [1.82, 2.24) is 9.88 Å². The van der Waals surface area contributed by atoms with Crippen LogP contribution in [0.4, 0.5) is 14.5 Å². The molecule has 6 rings (SSSR count). The highest BCUT2D eigenvalue weighted by molar-refractivity contribution is 5.95. The second-order valence-electron chi connectivity index (χ2n) is 10.6. The molecule has 4 unspecified atom stereocenters. The molecule has 11 nitrogen and oxygen atoms in total. The number of aromatic hydroxyl groups is 1. The van der Waals surface area contributed by atoms with Crippen LogP contribution < -0.4 is 20.1 Å². The lowest BCUT2D eigenvalue weighted by atomic mass is 9.99. The van der Waals surface area contributed by atoms with Gasteiger partial charge in [0.05, 0.1) is 12.1 Å². The van der Waals surface area contributed by atoms with E-state index in [-0.39, 0.29) is 40.6 Å². The number of aromatic nitrogens is 1. The Bertz CT molecular complexity index is 1620. The molecule has 3 heterocycles. The molecule has 3 aromatic rings. The molecule has 2 bridgehead atoms. The van der Waals surface area contributed by atoms with Crippen LogP contribution in [0.5, 0.6) is 28.9 Å². The van der Waals surface area contributed by atoms with Crippen molar-refractivity contribution in [3.63, 3.8) is 0 Å². The molecule has 218 valence electrons. The number of nitrogens with two attached hydrogens (primary N) is 1. The first-order valence-corrected chi connectivity index (χ1v) is 13.3. The first kappa shape index (κ1) is 27.4. The predicted octanol–water partition coefficient (Wildman–Crippen LogP) is 4.25. The monoisotopic (exact) mass is 578 g/mol. The van der Waals surface area contributed by atoms with Gasteiger partial charge in [-0.05, 0) is 62.2 Å². The molecule has 1 aliphatic carbocycles. The number of carboxylic acid groups (broad SMARTS) is 1. The van der Waals surface area contributed by atoms with Gasteiger partial charge in [0.15, 0.2) is 17.3 Å². The summed E-state index contributed by atoms with van der Waals surface area (Å²) in [5.74, 6) is -5.70. The van der Waals surface area contributed by atoms with E-state index in [9.17, 15) is 19.4 Å². The van der Waals surface area contributed by atoms with E-state index >= 15 is 4.39 Å². The van der Waals surface area contributed by atoms with Crippen LogP contribution in [0.15, 0.2) is 47.6 Å². The summed E-state index contributed by atoms with van der Waals surface area (Å²) in [5, 5.41) is 27.5. The Hall–Kier alpha value is -4.78. The number of benzene rings is 2. The Balaban J connectivity index is 1.35. The van der Waals surface area contributed by atoms with Gasteiger partial charge in [0.1, 0.15) is 17.8 Å². The normalized spacial score (nSPS) is 23.0. The summed E-state index contributed by atoms with van der Waals surface area (Å²) in [7, 11) is 1.85. The molecular formula is C29H28F2N6O5. The number of phenolic OH excluding ortho intramolecular Hbond substituents is 1. The number of phenols is 1. The largest absolute Gasteiger partial charge is 0.504 e. The molecular weight excluding hydrogens is 550 g/mol. The number of nitrogens with zero attached hydrogens (tertiary/aromatic N) is 4. The van der Waals surface area contributed by atoms with Crippen molar-refractivity contribution in [2.24, 2.45) is 22.6 Å². The number of carboxylic acids is 1. The van der Waals surface area contributed by atoms with Crippen LogP contribution in [0.3, 0.4) is 0 Å². The lowest BCUT2D eigenvalue weighted by Crippen LogP contribution is -2.34. The summed E-state index contributed by atoms with van der Waals surface area (Å²) in [4.78, 5) is 24.1. The van der Waals surface area contributed by atoms with Gasteiger partial charge in [-0.1, -0.05) is 0 Å². The van der Waals surface area contributed by atoms with Gasteiger partial charge in [-0.2, -0.15) is 4.39 Å². The summed E-state index contributed by atoms with van der Waals surface area (Å²) in [6.45, 7) is 1.17. The number of anilines is 1. The molecule has 1 saturated heterocycles. The van der Waals surface area contributed by atoms with Crippen molar-refractivity contribution in [2.75, 3.05) is 25.0 Å². The minimum atomic E-state index is -1.25. The Morgan fingerprint density at radius 1 is 1.14 bits per heavy atom. The number of nitrogens with one attached hydrogen (secondary N) is 1. The third-order valence-electron chi connectivity index (χ3n) is 8.10. The topological polar surface area (TPSA) is 158 Å². The fourth-order valence-corrected chi connectivity index (χ4v) is 6.05. The van der Waals surface area contributed by atoms with Gasteiger partial charge in [0.2, 0.25) is 11.6 Å². The van der Waals surface area contributed by atoms with Crippen LogP contribution in [0.2, 0.25) is 0 Å². The highest BCUT2D eigenvalue weighted by Gasteiger charge is 2.50. The average Bonchev–Trinajstić information content (AvgIpc) is 3.68. The van der Waals surface area contributed by atoms with E-state index < -0.39 is 41.3 Å². The van der Waals surface area contributed by atoms with E-state index in [1.54, 1.807) is 18.3 Å². The Labute approximate surface area is 239 Å². The fraction of sp³-hybridized carbons (Fsp3) is 0.310. The quantitative estimate of drug-likeness (QED) is 0.227. The van der Waals surface area contributed by atoms with Crippen LogP contribution >= 0.6 is 0 Å². The highest BCUT2D eigenvalue weighted by atomic mass is 19.1. The van der Waals surface area contributed by atoms with Crippen LogP contribution in [0, 0.1) is 28.9 Å². The zero-order valence-corrected chi connectivity index (χ0v) is 22.5. The van der Waals surface area contributed by atoms with Crippen molar-refractivity contribution >= 4 is 23.7 Å². The van der Waals surface area contributed by atoms with Crippen LogP contribution in [0.1, 0.15) is 30.1 Å². The summed E-state index contributed by atoms with van der Waals surface area (Å²) in [6.07, 6.45) is 3.62. The number of fused-ring (bicyclic) bond motifs is 2. The number of halogens is 2. The second-order valence-corrected chi connectivity index (χ2v) is 10.6. The highest BCUT2D eigenvalue weighted by Crippen LogP contribution is 2.47. The maximum Gasteiger partial charge on any atom is 0.308 e. The molecule has 0 amide bonds. The van der Waals surface area contributed by atoms with Gasteiger partial charge >= 0.3 is 5.97 Å². The summed E-state index contributed by atoms with van der Waals surface area (Å²) < 4.78 is 41.9. The number of amidine groups is 1. The summed E-state index contributed by atoms with van der Waals surface area (Å²) >= 11 is 0. The van der Waals surface area contributed by atoms with Crippen molar-refractivity contribution < 1.29 is 33.3 Å². The average molecular weight is 579 g/mol. The zero-order chi connectivity index (χ0) is 29.7. The molecule has 1 aromatic heterocycles. The molecule has 3 aliphatic rings. The van der Waals surface area contributed by atoms with Crippen LogP contribution in [0.25, 0.3) is 0 Å². The molecule has 0 spiro atoms. The molecule has 2 aliphatic heterocycles. The number of nitrogen functional groups attached to an aromatic ring is 1. The Kier molecular flexibility index (Phi) is 6.89. The van der Waals surface area contributed by atoms with E-state index in [1.165, 1.54) is 18.2 Å². The van der Waals surface area contributed by atoms with Gasteiger partial charge in [0.25, 0.3) is 5.88 Å². The number of hydrogen-bond acceptors (Lipinski definition) is 9. The van der Waals surface area contributed by atoms with Crippen LogP contribution in [-0.4, -0.2) is 64.3 Å². The van der Waals surface area contributed by atoms with E-state index in [2.05, 4.69) is 14.9 Å². The summed E-state index contributed by atoms with van der Waals surface area (Å²) in [5.41, 5.74) is 7.04. The third kappa shape index (κ3) is 4.75. The van der Waals surface area contributed by atoms with E-state index in [1.807, 2.05) is 18.0 Å². The van der Waals surface area contributed by atoms with Crippen molar-refractivity contribution in [3.8, 4) is 28.9 Å². The minimum absolute atomic E-state index is 0.0630. The molecule has 1 saturated carbocycles. The van der Waals surface area contributed by atoms with Crippen molar-refractivity contribution in [2.45, 2.75) is 25.0 Å². The third-order valence-corrected chi connectivity index (χ3v) is 8.10. The lowest BCUT2D eigenvalue weighted by molar-refractivity contribution is -0.142. The van der Waals surface area contributed by atoms with E-state index in [4.69, 9.17) is 20.6 Å². The zero-order valence-electron chi connectivity index (χ0n) is 22.5. The minimum Gasteiger partial charge on any atom is -0.504 e. The molecule has 4 atom stereocenters. The second kappa shape index (κ2) is 10.6. The van der Waals surface area contributed by atoms with E-state index in [0.717, 1.165) is 24.7 Å². The number of aliphatic imine (C=N–C) groups is 1. The number of rotatable bonds is 8. The fourth-order valence-electron chi connectivity index (χ4n) is 6.05. The first-order valence-electron chi connectivity index (χ1n) is 13.3. The number of pyridine rings is 1. The Morgan fingerprint density at radius 3 is 2.64 bits per heavy atom. The van der Waals surface area contributed by atoms with Gasteiger partial charge < -0.3 is 30.3 Å². The standard InChI is InChI=1S/C29H28F2N6O5/c1-36-9-8-34-27(36)17-11-16(37-13-15-2-5-19(37)23(15)29(39)40)4-7-21(17)41-25-18(30)12-35-28(24(25)31)42-22-10-14(26(32)33)3-6-20(22)38/h3-4,6-8,10-12,15,19,23,27,38H,2,5,9,13H2,1H3,(H3,32,33)(H,39,40). The number of hydrogen-bond donors (Lipinski definition) is 4. The number of carbonyl (C=O) groups is 1. The van der Waals surface area contributed by atoms with E-state index in [0.29, 0.717) is 18.7 Å². The number of aliphatic carboxylic acids is 1. The number of ether oxygens (including phenoxy) is 2. The maximum atomic E-state index is 15.6. The molecule has 5 N–H and O–H groups in total. The van der Waals surface area contributed by atoms with Crippen molar-refractivity contribution in [3.05, 3.63) is 65.4 Å². The molecule has 42 heavy (non-hydrogen) atoms. The SMILES string of the molecule is CN1CC=NC1c1cc(N2CC3CCC2C3C(=O)O)ccc1Oc1c(F)cnc(Oc2cc(C(=N)N)ccc2O)c1F. The predicted molar refractivity (Wildman–Crippen MR) is 149 cm³/mol. The van der Waals surface area contributed by atoms with Gasteiger partial charge in [-0.15, -0.1) is 0 Å². The van der Waals surface area contributed by atoms with Crippen molar-refractivity contribution in [1.29, 1.82) is 5.41 Å². The van der Waals surface area contributed by atoms with Gasteiger partial charge in [0, 0.05) is 42.2 Å². The molecule has 2 fully saturated rings. The number of piperidine rings is 1. The van der Waals surface area contributed by atoms with Gasteiger partial charge in [-0.3, -0.25) is 20.1 Å². The molecule has 13 heteroatoms. The maximum absolute atomic E-state index is 15.6. The molecule has 2 aromatic carbocycles. The van der Waals surface area contributed by atoms with Crippen LogP contribution in [-0.2, 0) is 4.79 Å². The Morgan fingerprint density at radius 2 is 1.95 bits per heavy atom. The summed E-state index contributed by atoms with van der Waals surface area (Å²) in [6, 6.07) is 8.88. The van der Waals surface area contributed by atoms with Gasteiger partial charge in [-0.25, -0.2) is 9.37 Å². The molecule has 0 radical (unpaired) electrons. The smallest absolute Gasteiger partial charge is 0.308 e.